The van der Waals surface area contributed by atoms with Crippen LogP contribution in [0, 0.1) is 5.92 Å². The third-order valence-corrected chi connectivity index (χ3v) is 3.39. The molecule has 0 amide bonds. The van der Waals surface area contributed by atoms with Crippen LogP contribution in [0.15, 0.2) is 12.1 Å². The van der Waals surface area contributed by atoms with Gasteiger partial charge in [-0.2, -0.15) is 0 Å². The molecule has 2 bridgehead atoms. The fraction of sp³-hybridized carbons (Fsp3) is 0.636. The molecule has 3 heterocycles. The van der Waals surface area contributed by atoms with E-state index in [-0.39, 0.29) is 0 Å². The van der Waals surface area contributed by atoms with Crippen molar-refractivity contribution in [3.63, 3.8) is 0 Å². The van der Waals surface area contributed by atoms with E-state index in [4.69, 9.17) is 4.74 Å². The summed E-state index contributed by atoms with van der Waals surface area (Å²) in [5.41, 5.74) is 0. The van der Waals surface area contributed by atoms with Gasteiger partial charge in [-0.1, -0.05) is 0 Å². The van der Waals surface area contributed by atoms with E-state index in [1.165, 1.54) is 6.42 Å². The van der Waals surface area contributed by atoms with Gasteiger partial charge in [-0.3, -0.25) is 0 Å². The third-order valence-electron chi connectivity index (χ3n) is 3.39. The number of anilines is 1. The standard InChI is InChI=1S/C11H16N4O/c1-16-11-3-2-10(13-14-11)15-6-8-4-9(7-15)12-5-8/h2-3,8-9,12H,4-7H2,1H3. The third kappa shape index (κ3) is 1.71. The predicted molar refractivity (Wildman–Crippen MR) is 60.7 cm³/mol. The first-order chi connectivity index (χ1) is 7.85. The first-order valence-electron chi connectivity index (χ1n) is 5.71. The molecular formula is C11H16N4O. The molecule has 1 aromatic rings. The molecule has 1 N–H and O–H groups in total. The Hall–Kier alpha value is -1.36. The van der Waals surface area contributed by atoms with Gasteiger partial charge in [0.15, 0.2) is 5.82 Å². The normalized spacial score (nSPS) is 28.2. The fourth-order valence-corrected chi connectivity index (χ4v) is 2.61. The number of piperidine rings is 1. The Kier molecular flexibility index (Phi) is 2.40. The summed E-state index contributed by atoms with van der Waals surface area (Å²) in [5.74, 6) is 2.30. The van der Waals surface area contributed by atoms with Crippen LogP contribution in [0.25, 0.3) is 0 Å². The number of aromatic nitrogens is 2. The van der Waals surface area contributed by atoms with E-state index in [9.17, 15) is 0 Å². The molecule has 16 heavy (non-hydrogen) atoms. The summed E-state index contributed by atoms with van der Waals surface area (Å²) in [7, 11) is 1.61. The van der Waals surface area contributed by atoms with E-state index in [1.54, 1.807) is 7.11 Å². The van der Waals surface area contributed by atoms with Gasteiger partial charge >= 0.3 is 0 Å². The number of nitrogens with zero attached hydrogens (tertiary/aromatic N) is 3. The smallest absolute Gasteiger partial charge is 0.233 e. The van der Waals surface area contributed by atoms with E-state index in [2.05, 4.69) is 20.4 Å². The molecule has 86 valence electrons. The van der Waals surface area contributed by atoms with Gasteiger partial charge in [0.2, 0.25) is 5.88 Å². The zero-order chi connectivity index (χ0) is 11.0. The number of rotatable bonds is 2. The lowest BCUT2D eigenvalue weighted by molar-refractivity contribution is 0.391. The second-order valence-electron chi connectivity index (χ2n) is 4.55. The maximum atomic E-state index is 5.01. The minimum atomic E-state index is 0.571. The lowest BCUT2D eigenvalue weighted by Crippen LogP contribution is -2.41. The Morgan fingerprint density at radius 3 is 3.00 bits per heavy atom. The summed E-state index contributed by atoms with van der Waals surface area (Å²) in [6.07, 6.45) is 1.31. The quantitative estimate of drug-likeness (QED) is 0.776. The van der Waals surface area contributed by atoms with Crippen LogP contribution in [0.1, 0.15) is 6.42 Å². The molecule has 0 aromatic carbocycles. The molecule has 2 saturated heterocycles. The molecule has 0 radical (unpaired) electrons. The summed E-state index contributed by atoms with van der Waals surface area (Å²) >= 11 is 0. The maximum Gasteiger partial charge on any atom is 0.233 e. The highest BCUT2D eigenvalue weighted by Gasteiger charge is 2.33. The van der Waals surface area contributed by atoms with Crippen LogP contribution in [-0.4, -0.2) is 43.0 Å². The Balaban J connectivity index is 1.76. The molecule has 2 fully saturated rings. The predicted octanol–water partition coefficient (Wildman–Crippen LogP) is 0.283. The lowest BCUT2D eigenvalue weighted by Gasteiger charge is -2.31. The molecule has 0 saturated carbocycles. The van der Waals surface area contributed by atoms with Crippen LogP contribution < -0.4 is 15.0 Å². The Bertz CT molecular complexity index is 355. The zero-order valence-corrected chi connectivity index (χ0v) is 9.39. The SMILES string of the molecule is COc1ccc(N2CC3CNC(C3)C2)nn1. The van der Waals surface area contributed by atoms with Gasteiger partial charge < -0.3 is 15.0 Å². The highest BCUT2D eigenvalue weighted by Crippen LogP contribution is 2.25. The molecule has 1 aromatic heterocycles. The molecule has 2 aliphatic rings. The van der Waals surface area contributed by atoms with Crippen molar-refractivity contribution in [3.8, 4) is 5.88 Å². The van der Waals surface area contributed by atoms with Crippen molar-refractivity contribution >= 4 is 5.82 Å². The van der Waals surface area contributed by atoms with Crippen molar-refractivity contribution in [2.24, 2.45) is 5.92 Å². The molecule has 0 spiro atoms. The first-order valence-corrected chi connectivity index (χ1v) is 5.71. The van der Waals surface area contributed by atoms with Gasteiger partial charge in [-0.25, -0.2) is 0 Å². The Morgan fingerprint density at radius 1 is 1.38 bits per heavy atom. The lowest BCUT2D eigenvalue weighted by atomic mass is 10.0. The van der Waals surface area contributed by atoms with Crippen molar-refractivity contribution in [2.75, 3.05) is 31.6 Å². The molecular weight excluding hydrogens is 204 g/mol. The Morgan fingerprint density at radius 2 is 2.31 bits per heavy atom. The van der Waals surface area contributed by atoms with E-state index >= 15 is 0 Å². The number of fused-ring (bicyclic) bond motifs is 2. The van der Waals surface area contributed by atoms with Crippen LogP contribution in [0.4, 0.5) is 5.82 Å². The topological polar surface area (TPSA) is 50.3 Å². The average molecular weight is 220 g/mol. The molecule has 2 atom stereocenters. The number of methoxy groups -OCH3 is 1. The van der Waals surface area contributed by atoms with Gasteiger partial charge in [-0.15, -0.1) is 10.2 Å². The monoisotopic (exact) mass is 220 g/mol. The molecule has 0 aliphatic carbocycles. The molecule has 2 aliphatic heterocycles. The first kappa shape index (κ1) is 9.84. The minimum absolute atomic E-state index is 0.571. The summed E-state index contributed by atoms with van der Waals surface area (Å²) in [4.78, 5) is 2.31. The summed E-state index contributed by atoms with van der Waals surface area (Å²) < 4.78 is 5.01. The molecule has 5 heteroatoms. The van der Waals surface area contributed by atoms with Crippen molar-refractivity contribution < 1.29 is 4.74 Å². The molecule has 3 rings (SSSR count). The van der Waals surface area contributed by atoms with Gasteiger partial charge in [0, 0.05) is 31.7 Å². The van der Waals surface area contributed by atoms with Crippen molar-refractivity contribution in [1.29, 1.82) is 0 Å². The van der Waals surface area contributed by atoms with Crippen molar-refractivity contribution in [3.05, 3.63) is 12.1 Å². The van der Waals surface area contributed by atoms with Crippen LogP contribution in [0.3, 0.4) is 0 Å². The average Bonchev–Trinajstić information content (AvgIpc) is 2.68. The van der Waals surface area contributed by atoms with Gasteiger partial charge in [0.05, 0.1) is 7.11 Å². The van der Waals surface area contributed by atoms with Crippen molar-refractivity contribution in [1.82, 2.24) is 15.5 Å². The van der Waals surface area contributed by atoms with E-state index < -0.39 is 0 Å². The van der Waals surface area contributed by atoms with Crippen LogP contribution >= 0.6 is 0 Å². The molecule has 5 nitrogen and oxygen atoms in total. The number of hydrogen-bond acceptors (Lipinski definition) is 5. The van der Waals surface area contributed by atoms with Crippen LogP contribution in [0.2, 0.25) is 0 Å². The van der Waals surface area contributed by atoms with Gasteiger partial charge in [0.1, 0.15) is 0 Å². The number of nitrogens with one attached hydrogen (secondary N) is 1. The van der Waals surface area contributed by atoms with Gasteiger partial charge in [0.25, 0.3) is 0 Å². The van der Waals surface area contributed by atoms with Gasteiger partial charge in [-0.05, 0) is 18.4 Å². The van der Waals surface area contributed by atoms with E-state index in [1.807, 2.05) is 12.1 Å². The van der Waals surface area contributed by atoms with E-state index in [0.29, 0.717) is 11.9 Å². The highest BCUT2D eigenvalue weighted by molar-refractivity contribution is 5.39. The minimum Gasteiger partial charge on any atom is -0.480 e. The van der Waals surface area contributed by atoms with Crippen molar-refractivity contribution in [2.45, 2.75) is 12.5 Å². The number of hydrogen-bond donors (Lipinski definition) is 1. The largest absolute Gasteiger partial charge is 0.480 e. The highest BCUT2D eigenvalue weighted by atomic mass is 16.5. The second-order valence-corrected chi connectivity index (χ2v) is 4.55. The summed E-state index contributed by atoms with van der Waals surface area (Å²) in [5, 5.41) is 11.7. The zero-order valence-electron chi connectivity index (χ0n) is 9.39. The van der Waals surface area contributed by atoms with E-state index in [0.717, 1.165) is 31.4 Å². The Labute approximate surface area is 94.8 Å². The van der Waals surface area contributed by atoms with Crippen LogP contribution in [-0.2, 0) is 0 Å². The molecule has 2 unspecified atom stereocenters. The fourth-order valence-electron chi connectivity index (χ4n) is 2.61. The summed E-state index contributed by atoms with van der Waals surface area (Å²) in [6.45, 7) is 3.27. The summed E-state index contributed by atoms with van der Waals surface area (Å²) in [6, 6.07) is 4.48. The number of ether oxygens (including phenoxy) is 1. The second kappa shape index (κ2) is 3.90. The van der Waals surface area contributed by atoms with Crippen LogP contribution in [0.5, 0.6) is 5.88 Å². The maximum absolute atomic E-state index is 5.01.